The number of alkyl halides is 6. The molecule has 3 saturated heterocycles. The fraction of sp³-hybridized carbons (Fsp3) is 0.517. The zero-order valence-electron chi connectivity index (χ0n) is 22.1. The molecule has 2 unspecified atom stereocenters. The van der Waals surface area contributed by atoms with Crippen LogP contribution in [0.25, 0.3) is 0 Å². The van der Waals surface area contributed by atoms with E-state index in [1.54, 1.807) is 4.90 Å². The molecule has 3 fully saturated rings. The summed E-state index contributed by atoms with van der Waals surface area (Å²) in [5.74, 6) is -0.238. The van der Waals surface area contributed by atoms with Crippen molar-refractivity contribution in [1.29, 1.82) is 0 Å². The number of ether oxygens (including phenoxy) is 1. The SMILES string of the molecule is Cc1ccccc1C1[C@@H](O[C@H](C)c2cc(C(F)(F)F)cc(C(F)(F)F)c2)CN2C(=O)C(N3CCC(=O)CC3)C[C@@H]12. The molecule has 11 heteroatoms. The lowest BCUT2D eigenvalue weighted by molar-refractivity contribution is -0.143. The summed E-state index contributed by atoms with van der Waals surface area (Å²) in [6.07, 6.45) is -10.4. The van der Waals surface area contributed by atoms with Gasteiger partial charge in [0.2, 0.25) is 5.91 Å². The van der Waals surface area contributed by atoms with Crippen LogP contribution in [0.15, 0.2) is 42.5 Å². The van der Waals surface area contributed by atoms with Crippen LogP contribution in [0, 0.1) is 6.92 Å². The Morgan fingerprint density at radius 1 is 0.925 bits per heavy atom. The summed E-state index contributed by atoms with van der Waals surface area (Å²) < 4.78 is 87.1. The van der Waals surface area contributed by atoms with Gasteiger partial charge in [-0.15, -0.1) is 0 Å². The van der Waals surface area contributed by atoms with E-state index in [4.69, 9.17) is 4.74 Å². The van der Waals surface area contributed by atoms with E-state index < -0.39 is 35.7 Å². The molecule has 5 rings (SSSR count). The molecule has 3 aliphatic rings. The van der Waals surface area contributed by atoms with E-state index in [1.165, 1.54) is 6.92 Å². The highest BCUT2D eigenvalue weighted by atomic mass is 19.4. The number of aryl methyl sites for hydroxylation is 1. The van der Waals surface area contributed by atoms with Gasteiger partial charge < -0.3 is 9.64 Å². The smallest absolute Gasteiger partial charge is 0.368 e. The van der Waals surface area contributed by atoms with E-state index in [0.717, 1.165) is 11.1 Å². The average molecular weight is 569 g/mol. The Hall–Kier alpha value is -2.92. The molecular formula is C29H30F6N2O3. The number of benzene rings is 2. The van der Waals surface area contributed by atoms with Gasteiger partial charge in [0.1, 0.15) is 5.78 Å². The molecule has 5 atom stereocenters. The van der Waals surface area contributed by atoms with Crippen LogP contribution in [0.2, 0.25) is 0 Å². The van der Waals surface area contributed by atoms with Crippen molar-refractivity contribution in [3.8, 4) is 0 Å². The predicted octanol–water partition coefficient (Wildman–Crippen LogP) is 5.91. The third kappa shape index (κ3) is 5.50. The van der Waals surface area contributed by atoms with Crippen molar-refractivity contribution in [3.05, 3.63) is 70.3 Å². The standard InChI is InChI=1S/C29H30F6N2O3/c1-16-5-3-4-6-22(16)26-23-14-24(36-9-7-21(38)8-10-36)27(39)37(23)15-25(26)40-17(2)18-11-19(28(30,31)32)13-20(12-18)29(33,34)35/h3-6,11-13,17,23-26H,7-10,14-15H2,1-2H3/t17-,23+,24?,25+,26?/m1/s1. The highest BCUT2D eigenvalue weighted by Gasteiger charge is 2.54. The lowest BCUT2D eigenvalue weighted by atomic mass is 9.85. The van der Waals surface area contributed by atoms with Gasteiger partial charge in [-0.25, -0.2) is 0 Å². The van der Waals surface area contributed by atoms with Crippen LogP contribution in [0.1, 0.15) is 66.0 Å². The van der Waals surface area contributed by atoms with Gasteiger partial charge in [0.05, 0.1) is 29.4 Å². The molecular weight excluding hydrogens is 538 g/mol. The Labute approximate surface area is 228 Å². The zero-order chi connectivity index (χ0) is 29.0. The van der Waals surface area contributed by atoms with E-state index in [1.807, 2.05) is 36.1 Å². The van der Waals surface area contributed by atoms with Gasteiger partial charge in [-0.2, -0.15) is 26.3 Å². The molecule has 0 radical (unpaired) electrons. The minimum absolute atomic E-state index is 0.0879. The number of rotatable bonds is 5. The van der Waals surface area contributed by atoms with Gasteiger partial charge in [-0.1, -0.05) is 24.3 Å². The third-order valence-corrected chi connectivity index (χ3v) is 8.43. The first-order valence-electron chi connectivity index (χ1n) is 13.3. The summed E-state index contributed by atoms with van der Waals surface area (Å²) in [5.41, 5.74) is -1.15. The third-order valence-electron chi connectivity index (χ3n) is 8.43. The lowest BCUT2D eigenvalue weighted by Crippen LogP contribution is -2.46. The fourth-order valence-corrected chi connectivity index (χ4v) is 6.37. The highest BCUT2D eigenvalue weighted by molar-refractivity contribution is 5.86. The number of Topliss-reactive ketones (excluding diaryl/α,β-unsaturated/α-hetero) is 1. The second-order valence-electron chi connectivity index (χ2n) is 10.9. The number of halogens is 6. The maximum Gasteiger partial charge on any atom is 0.416 e. The average Bonchev–Trinajstić information content (AvgIpc) is 3.39. The molecule has 3 aliphatic heterocycles. The van der Waals surface area contributed by atoms with Crippen LogP contribution in [-0.2, 0) is 26.7 Å². The van der Waals surface area contributed by atoms with E-state index in [0.29, 0.717) is 44.5 Å². The maximum absolute atomic E-state index is 13.5. The van der Waals surface area contributed by atoms with Crippen molar-refractivity contribution in [3.63, 3.8) is 0 Å². The Balaban J connectivity index is 1.44. The number of carbonyl (C=O) groups is 2. The number of piperidine rings is 1. The minimum Gasteiger partial charge on any atom is -0.368 e. The molecule has 40 heavy (non-hydrogen) atoms. The first kappa shape index (κ1) is 28.6. The summed E-state index contributed by atoms with van der Waals surface area (Å²) in [4.78, 5) is 29.0. The number of likely N-dealkylation sites (tertiary alicyclic amines) is 1. The van der Waals surface area contributed by atoms with Crippen molar-refractivity contribution in [2.75, 3.05) is 19.6 Å². The van der Waals surface area contributed by atoms with Crippen molar-refractivity contribution in [1.82, 2.24) is 9.80 Å². The van der Waals surface area contributed by atoms with E-state index in [9.17, 15) is 35.9 Å². The van der Waals surface area contributed by atoms with Gasteiger partial charge in [-0.05, 0) is 55.2 Å². The summed E-state index contributed by atoms with van der Waals surface area (Å²) in [7, 11) is 0. The first-order valence-corrected chi connectivity index (χ1v) is 13.3. The number of carbonyl (C=O) groups excluding carboxylic acids is 2. The molecule has 5 nitrogen and oxygen atoms in total. The van der Waals surface area contributed by atoms with Crippen LogP contribution in [0.3, 0.4) is 0 Å². The number of nitrogens with zero attached hydrogens (tertiary/aromatic N) is 2. The number of hydrogen-bond donors (Lipinski definition) is 0. The largest absolute Gasteiger partial charge is 0.416 e. The van der Waals surface area contributed by atoms with E-state index in [2.05, 4.69) is 0 Å². The number of fused-ring (bicyclic) bond motifs is 1. The van der Waals surface area contributed by atoms with Crippen LogP contribution in [-0.4, -0.2) is 59.3 Å². The first-order chi connectivity index (χ1) is 18.7. The van der Waals surface area contributed by atoms with Gasteiger partial charge in [0.15, 0.2) is 0 Å². The monoisotopic (exact) mass is 568 g/mol. The summed E-state index contributed by atoms with van der Waals surface area (Å²) in [6, 6.07) is 8.44. The van der Waals surface area contributed by atoms with Crippen LogP contribution >= 0.6 is 0 Å². The second kappa shape index (κ2) is 10.5. The lowest BCUT2D eigenvalue weighted by Gasteiger charge is -2.32. The van der Waals surface area contributed by atoms with E-state index in [-0.39, 0.29) is 47.9 Å². The molecule has 0 spiro atoms. The molecule has 0 aliphatic carbocycles. The maximum atomic E-state index is 13.5. The molecule has 0 N–H and O–H groups in total. The van der Waals surface area contributed by atoms with Gasteiger partial charge in [0.25, 0.3) is 0 Å². The minimum atomic E-state index is -4.96. The topological polar surface area (TPSA) is 49.9 Å². The normalized spacial score (nSPS) is 26.9. The Morgan fingerprint density at radius 3 is 2.10 bits per heavy atom. The number of amides is 1. The van der Waals surface area contributed by atoms with Crippen molar-refractivity contribution in [2.24, 2.45) is 0 Å². The molecule has 0 aromatic heterocycles. The van der Waals surface area contributed by atoms with Gasteiger partial charge >= 0.3 is 12.4 Å². The Morgan fingerprint density at radius 2 is 1.52 bits per heavy atom. The van der Waals surface area contributed by atoms with Gasteiger partial charge in [-0.3, -0.25) is 14.5 Å². The van der Waals surface area contributed by atoms with Crippen molar-refractivity contribution in [2.45, 2.75) is 75.7 Å². The molecule has 0 bridgehead atoms. The van der Waals surface area contributed by atoms with Crippen LogP contribution < -0.4 is 0 Å². The number of ketones is 1. The fourth-order valence-electron chi connectivity index (χ4n) is 6.37. The number of hydrogen-bond acceptors (Lipinski definition) is 4. The van der Waals surface area contributed by atoms with Crippen LogP contribution in [0.5, 0.6) is 0 Å². The van der Waals surface area contributed by atoms with E-state index >= 15 is 0 Å². The highest BCUT2D eigenvalue weighted by Crippen LogP contribution is 2.46. The quantitative estimate of drug-likeness (QED) is 0.421. The van der Waals surface area contributed by atoms with Gasteiger partial charge in [0, 0.05) is 44.4 Å². The second-order valence-corrected chi connectivity index (χ2v) is 10.9. The van der Waals surface area contributed by atoms with Crippen molar-refractivity contribution < 1.29 is 40.7 Å². The Bertz CT molecular complexity index is 1250. The summed E-state index contributed by atoms with van der Waals surface area (Å²) in [5, 5.41) is 0. The predicted molar refractivity (Wildman–Crippen MR) is 133 cm³/mol. The summed E-state index contributed by atoms with van der Waals surface area (Å²) in [6.45, 7) is 4.55. The molecule has 3 heterocycles. The van der Waals surface area contributed by atoms with Crippen molar-refractivity contribution >= 4 is 11.7 Å². The molecule has 216 valence electrons. The Kier molecular flexibility index (Phi) is 7.50. The molecule has 1 amide bonds. The molecule has 0 saturated carbocycles. The molecule has 2 aromatic rings. The zero-order valence-corrected chi connectivity index (χ0v) is 22.1. The molecule has 2 aromatic carbocycles. The summed E-state index contributed by atoms with van der Waals surface area (Å²) >= 11 is 0. The van der Waals surface area contributed by atoms with Crippen LogP contribution in [0.4, 0.5) is 26.3 Å².